The molecular weight excluding hydrogens is 344 g/mol. The van der Waals surface area contributed by atoms with Crippen molar-refractivity contribution in [3.8, 4) is 0 Å². The Kier molecular flexibility index (Phi) is 4.46. The van der Waals surface area contributed by atoms with Gasteiger partial charge in [-0.1, -0.05) is 43.8 Å². The fraction of sp³-hybridized carbons (Fsp3) is 0.263. The van der Waals surface area contributed by atoms with E-state index in [9.17, 15) is 0 Å². The first-order valence-electron chi connectivity index (χ1n) is 8.53. The fourth-order valence-corrected chi connectivity index (χ4v) is 3.34. The third-order valence-electron chi connectivity index (χ3n) is 4.35. The van der Waals surface area contributed by atoms with Gasteiger partial charge >= 0.3 is 0 Å². The predicted octanol–water partition coefficient (Wildman–Crippen LogP) is 4.13. The minimum Gasteiger partial charge on any atom is -0.350 e. The summed E-state index contributed by atoms with van der Waals surface area (Å²) in [6.07, 6.45) is 5.68. The number of anilines is 1. The monoisotopic (exact) mass is 364 g/mol. The molecule has 3 heterocycles. The lowest BCUT2D eigenvalue weighted by atomic mass is 10.1. The van der Waals surface area contributed by atoms with Gasteiger partial charge in [0.05, 0.1) is 11.7 Å². The van der Waals surface area contributed by atoms with Gasteiger partial charge in [-0.25, -0.2) is 4.98 Å². The number of benzene rings is 1. The third kappa shape index (κ3) is 2.99. The van der Waals surface area contributed by atoms with Gasteiger partial charge in [0.25, 0.3) is 0 Å². The van der Waals surface area contributed by atoms with Crippen molar-refractivity contribution in [1.29, 1.82) is 0 Å². The number of thioether (sulfide) groups is 1. The molecule has 4 rings (SSSR count). The Morgan fingerprint density at radius 3 is 2.85 bits per heavy atom. The SMILES string of the molecule is CSc1nc(NCc2cccc3ncccc23)n2ncc(C(C)C)c2n1. The first-order valence-corrected chi connectivity index (χ1v) is 9.76. The summed E-state index contributed by atoms with van der Waals surface area (Å²) in [5, 5.41) is 9.81. The fourth-order valence-electron chi connectivity index (χ4n) is 2.98. The van der Waals surface area contributed by atoms with E-state index in [1.54, 1.807) is 4.52 Å². The van der Waals surface area contributed by atoms with Gasteiger partial charge in [-0.15, -0.1) is 0 Å². The van der Waals surface area contributed by atoms with Gasteiger partial charge in [0, 0.05) is 23.7 Å². The molecule has 0 unspecified atom stereocenters. The van der Waals surface area contributed by atoms with Gasteiger partial charge in [0.2, 0.25) is 5.95 Å². The van der Waals surface area contributed by atoms with E-state index in [1.807, 2.05) is 36.8 Å². The number of hydrogen-bond donors (Lipinski definition) is 1. The maximum absolute atomic E-state index is 4.64. The van der Waals surface area contributed by atoms with Gasteiger partial charge in [-0.2, -0.15) is 14.6 Å². The van der Waals surface area contributed by atoms with Crippen LogP contribution in [-0.4, -0.2) is 30.8 Å². The highest BCUT2D eigenvalue weighted by Gasteiger charge is 2.15. The smallest absolute Gasteiger partial charge is 0.228 e. The van der Waals surface area contributed by atoms with Gasteiger partial charge in [0.15, 0.2) is 10.8 Å². The van der Waals surface area contributed by atoms with Crippen LogP contribution in [0.25, 0.3) is 16.6 Å². The summed E-state index contributed by atoms with van der Waals surface area (Å²) in [4.78, 5) is 13.7. The van der Waals surface area contributed by atoms with Crippen LogP contribution in [0.2, 0.25) is 0 Å². The molecule has 0 aliphatic rings. The molecule has 26 heavy (non-hydrogen) atoms. The summed E-state index contributed by atoms with van der Waals surface area (Å²) >= 11 is 1.53. The van der Waals surface area contributed by atoms with E-state index in [0.29, 0.717) is 18.4 Å². The quantitative estimate of drug-likeness (QED) is 0.537. The minimum atomic E-state index is 0.356. The number of pyridine rings is 1. The van der Waals surface area contributed by atoms with E-state index in [0.717, 1.165) is 27.3 Å². The summed E-state index contributed by atoms with van der Waals surface area (Å²) < 4.78 is 1.79. The van der Waals surface area contributed by atoms with Crippen LogP contribution < -0.4 is 5.32 Å². The van der Waals surface area contributed by atoms with Crippen LogP contribution in [0, 0.1) is 0 Å². The largest absolute Gasteiger partial charge is 0.350 e. The zero-order valence-electron chi connectivity index (χ0n) is 15.0. The normalized spacial score (nSPS) is 11.5. The number of aromatic nitrogens is 5. The zero-order chi connectivity index (χ0) is 18.1. The van der Waals surface area contributed by atoms with E-state index in [-0.39, 0.29) is 0 Å². The molecule has 132 valence electrons. The molecule has 0 atom stereocenters. The van der Waals surface area contributed by atoms with Gasteiger partial charge in [0.1, 0.15) is 0 Å². The second-order valence-electron chi connectivity index (χ2n) is 6.36. The van der Waals surface area contributed by atoms with Crippen LogP contribution in [0.5, 0.6) is 0 Å². The molecule has 0 saturated heterocycles. The molecule has 0 aliphatic heterocycles. The second kappa shape index (κ2) is 6.92. The first kappa shape index (κ1) is 16.8. The summed E-state index contributed by atoms with van der Waals surface area (Å²) in [6.45, 7) is 4.93. The van der Waals surface area contributed by atoms with E-state index in [4.69, 9.17) is 0 Å². The summed E-state index contributed by atoms with van der Waals surface area (Å²) in [5.74, 6) is 1.06. The van der Waals surface area contributed by atoms with Crippen molar-refractivity contribution in [1.82, 2.24) is 24.6 Å². The number of rotatable bonds is 5. The van der Waals surface area contributed by atoms with Crippen molar-refractivity contribution >= 4 is 34.3 Å². The van der Waals surface area contributed by atoms with Crippen molar-refractivity contribution in [3.05, 3.63) is 53.9 Å². The minimum absolute atomic E-state index is 0.356. The molecule has 0 radical (unpaired) electrons. The lowest BCUT2D eigenvalue weighted by Gasteiger charge is -2.11. The second-order valence-corrected chi connectivity index (χ2v) is 7.14. The average molecular weight is 364 g/mol. The molecule has 3 aromatic heterocycles. The highest BCUT2D eigenvalue weighted by atomic mass is 32.2. The number of nitrogens with zero attached hydrogens (tertiary/aromatic N) is 5. The average Bonchev–Trinajstić information content (AvgIpc) is 3.10. The Morgan fingerprint density at radius 2 is 2.04 bits per heavy atom. The summed E-state index contributed by atoms with van der Waals surface area (Å²) in [7, 11) is 0. The molecule has 0 aliphatic carbocycles. The van der Waals surface area contributed by atoms with E-state index >= 15 is 0 Å². The van der Waals surface area contributed by atoms with Crippen molar-refractivity contribution in [3.63, 3.8) is 0 Å². The highest BCUT2D eigenvalue weighted by Crippen LogP contribution is 2.24. The Morgan fingerprint density at radius 1 is 1.15 bits per heavy atom. The maximum Gasteiger partial charge on any atom is 0.228 e. The number of hydrogen-bond acceptors (Lipinski definition) is 6. The van der Waals surface area contributed by atoms with Gasteiger partial charge in [-0.3, -0.25) is 4.98 Å². The molecular formula is C19H20N6S. The van der Waals surface area contributed by atoms with Crippen molar-refractivity contribution in [2.24, 2.45) is 0 Å². The van der Waals surface area contributed by atoms with Crippen molar-refractivity contribution in [2.75, 3.05) is 11.6 Å². The first-order chi connectivity index (χ1) is 12.7. The van der Waals surface area contributed by atoms with Crippen LogP contribution in [0.15, 0.2) is 47.9 Å². The summed E-state index contributed by atoms with van der Waals surface area (Å²) in [5.41, 5.74) is 4.15. The molecule has 0 spiro atoms. The van der Waals surface area contributed by atoms with E-state index in [1.165, 1.54) is 17.3 Å². The Bertz CT molecular complexity index is 1070. The van der Waals surface area contributed by atoms with Gasteiger partial charge in [-0.05, 0) is 29.9 Å². The molecule has 1 aromatic carbocycles. The van der Waals surface area contributed by atoms with Crippen LogP contribution in [0.3, 0.4) is 0 Å². The van der Waals surface area contributed by atoms with Crippen LogP contribution in [0.1, 0.15) is 30.9 Å². The molecule has 4 aromatic rings. The van der Waals surface area contributed by atoms with E-state index < -0.39 is 0 Å². The number of nitrogens with one attached hydrogen (secondary N) is 1. The van der Waals surface area contributed by atoms with Crippen LogP contribution in [0.4, 0.5) is 5.95 Å². The van der Waals surface area contributed by atoms with Crippen molar-refractivity contribution in [2.45, 2.75) is 31.5 Å². The Balaban J connectivity index is 1.72. The molecule has 0 amide bonds. The molecule has 7 heteroatoms. The lowest BCUT2D eigenvalue weighted by molar-refractivity contribution is 0.824. The molecule has 0 fully saturated rings. The molecule has 0 bridgehead atoms. The molecule has 0 saturated carbocycles. The molecule has 1 N–H and O–H groups in total. The van der Waals surface area contributed by atoms with Gasteiger partial charge < -0.3 is 5.32 Å². The Labute approximate surface area is 156 Å². The predicted molar refractivity (Wildman–Crippen MR) is 106 cm³/mol. The van der Waals surface area contributed by atoms with Crippen LogP contribution >= 0.6 is 11.8 Å². The third-order valence-corrected chi connectivity index (χ3v) is 4.90. The lowest BCUT2D eigenvalue weighted by Crippen LogP contribution is -2.10. The van der Waals surface area contributed by atoms with Crippen molar-refractivity contribution < 1.29 is 0 Å². The summed E-state index contributed by atoms with van der Waals surface area (Å²) in [6, 6.07) is 10.2. The van der Waals surface area contributed by atoms with E-state index in [2.05, 4.69) is 51.3 Å². The standard InChI is InChI=1S/C19H20N6S/c1-12(2)15-11-22-25-17(15)23-19(26-3)24-18(25)21-10-13-6-4-8-16-14(13)7-5-9-20-16/h4-9,11-12H,10H2,1-3H3,(H,21,23,24). The number of fused-ring (bicyclic) bond motifs is 2. The topological polar surface area (TPSA) is 68.0 Å². The highest BCUT2D eigenvalue weighted by molar-refractivity contribution is 7.98. The van der Waals surface area contributed by atoms with Crippen LogP contribution in [-0.2, 0) is 6.54 Å². The zero-order valence-corrected chi connectivity index (χ0v) is 15.8. The molecule has 6 nitrogen and oxygen atoms in total. The maximum atomic E-state index is 4.64. The Hall–Kier alpha value is -2.67.